The van der Waals surface area contributed by atoms with Gasteiger partial charge in [-0.3, -0.25) is 0 Å². The summed E-state index contributed by atoms with van der Waals surface area (Å²) in [6.45, 7) is 13.0. The minimum absolute atomic E-state index is 0.496. The predicted octanol–water partition coefficient (Wildman–Crippen LogP) is 3.48. The molecule has 0 fully saturated rings. The summed E-state index contributed by atoms with van der Waals surface area (Å²) < 4.78 is 0. The Morgan fingerprint density at radius 1 is 1.26 bits per heavy atom. The Labute approximate surface area is 117 Å². The highest BCUT2D eigenvalue weighted by Gasteiger charge is 2.02. The van der Waals surface area contributed by atoms with E-state index in [1.54, 1.807) is 0 Å². The average molecular weight is 257 g/mol. The molecule has 0 heterocycles. The molecule has 19 heavy (non-hydrogen) atoms. The largest absolute Gasteiger partial charge is 0.398 e. The second kappa shape index (κ2) is 7.18. The Morgan fingerprint density at radius 3 is 2.53 bits per heavy atom. The monoisotopic (exact) mass is 257 g/mol. The van der Waals surface area contributed by atoms with Gasteiger partial charge in [0.2, 0.25) is 0 Å². The van der Waals surface area contributed by atoms with Crippen LogP contribution in [0.5, 0.6) is 0 Å². The molecule has 0 aliphatic carbocycles. The van der Waals surface area contributed by atoms with E-state index in [0.717, 1.165) is 29.3 Å². The summed E-state index contributed by atoms with van der Waals surface area (Å²) in [4.78, 5) is 0. The lowest BCUT2D eigenvalue weighted by atomic mass is 9.97. The minimum Gasteiger partial charge on any atom is -0.398 e. The summed E-state index contributed by atoms with van der Waals surface area (Å²) in [7, 11) is 0. The fourth-order valence-corrected chi connectivity index (χ4v) is 1.93. The van der Waals surface area contributed by atoms with E-state index in [-0.39, 0.29) is 0 Å². The lowest BCUT2D eigenvalue weighted by molar-refractivity contribution is 0.679. The molecule has 0 radical (unpaired) electrons. The molecule has 0 amide bonds. The summed E-state index contributed by atoms with van der Waals surface area (Å²) >= 11 is 0. The maximum atomic E-state index is 6.14. The third-order valence-corrected chi connectivity index (χ3v) is 3.86. The highest BCUT2D eigenvalue weighted by atomic mass is 14.5. The Balaban J connectivity index is 3.38. The van der Waals surface area contributed by atoms with Crippen molar-refractivity contribution >= 4 is 17.8 Å². The SMILES string of the molecule is C=C(/C=c1/c(N)ccc/c1=C/[C@H](C)CC)[C@H](C)CC. The second-order valence-corrected chi connectivity index (χ2v) is 5.43. The Kier molecular flexibility index (Phi) is 5.88. The lowest BCUT2D eigenvalue weighted by Crippen LogP contribution is -2.28. The molecule has 2 atom stereocenters. The number of nitrogens with two attached hydrogens (primary N) is 1. The van der Waals surface area contributed by atoms with E-state index in [1.165, 1.54) is 5.22 Å². The van der Waals surface area contributed by atoms with Gasteiger partial charge in [0.1, 0.15) is 0 Å². The van der Waals surface area contributed by atoms with Crippen LogP contribution in [-0.2, 0) is 0 Å². The number of anilines is 1. The van der Waals surface area contributed by atoms with Crippen LogP contribution in [0, 0.1) is 11.8 Å². The van der Waals surface area contributed by atoms with Crippen molar-refractivity contribution in [3.8, 4) is 0 Å². The fraction of sp³-hybridized carbons (Fsp3) is 0.444. The third-order valence-electron chi connectivity index (χ3n) is 3.86. The van der Waals surface area contributed by atoms with Crippen LogP contribution in [0.3, 0.4) is 0 Å². The van der Waals surface area contributed by atoms with E-state index in [4.69, 9.17) is 5.73 Å². The molecule has 0 aromatic heterocycles. The fourth-order valence-electron chi connectivity index (χ4n) is 1.93. The summed E-state index contributed by atoms with van der Waals surface area (Å²) in [6.07, 6.45) is 6.69. The van der Waals surface area contributed by atoms with E-state index in [0.29, 0.717) is 11.8 Å². The standard InChI is InChI=1S/C18H27N/c1-6-13(3)11-16-9-8-10-18(19)17(16)12-15(5)14(4)7-2/h8-14H,5-7,19H2,1-4H3/b16-11-,17-12+/t13-,14-/m1/s1. The molecule has 1 aromatic rings. The maximum Gasteiger partial charge on any atom is 0.0393 e. The third kappa shape index (κ3) is 4.27. The number of allylic oxidation sites excluding steroid dienone is 1. The van der Waals surface area contributed by atoms with Gasteiger partial charge >= 0.3 is 0 Å². The zero-order valence-corrected chi connectivity index (χ0v) is 12.7. The topological polar surface area (TPSA) is 26.0 Å². The number of hydrogen-bond acceptors (Lipinski definition) is 1. The normalized spacial score (nSPS) is 16.4. The summed E-state index contributed by atoms with van der Waals surface area (Å²) in [5.41, 5.74) is 8.12. The molecule has 1 aromatic carbocycles. The molecule has 0 aliphatic rings. The number of nitrogen functional groups attached to an aromatic ring is 1. The Morgan fingerprint density at radius 2 is 1.95 bits per heavy atom. The molecule has 0 unspecified atom stereocenters. The number of benzene rings is 1. The Hall–Kier alpha value is -1.50. The van der Waals surface area contributed by atoms with Crippen molar-refractivity contribution < 1.29 is 0 Å². The number of hydrogen-bond donors (Lipinski definition) is 1. The summed E-state index contributed by atoms with van der Waals surface area (Å²) in [5, 5.41) is 2.34. The van der Waals surface area contributed by atoms with Crippen LogP contribution < -0.4 is 16.2 Å². The van der Waals surface area contributed by atoms with Crippen LogP contribution in [0.1, 0.15) is 40.5 Å². The van der Waals surface area contributed by atoms with Crippen LogP contribution in [-0.4, -0.2) is 0 Å². The molecule has 0 aliphatic heterocycles. The van der Waals surface area contributed by atoms with E-state index in [2.05, 4.69) is 52.5 Å². The zero-order chi connectivity index (χ0) is 14.4. The van der Waals surface area contributed by atoms with Crippen LogP contribution in [0.2, 0.25) is 0 Å². The molecule has 0 bridgehead atoms. The quantitative estimate of drug-likeness (QED) is 0.803. The summed E-state index contributed by atoms with van der Waals surface area (Å²) in [5.74, 6) is 1.06. The molecule has 1 rings (SSSR count). The molecule has 0 saturated carbocycles. The van der Waals surface area contributed by atoms with Gasteiger partial charge < -0.3 is 5.73 Å². The van der Waals surface area contributed by atoms with Crippen LogP contribution in [0.25, 0.3) is 12.2 Å². The molecular formula is C18H27N. The van der Waals surface area contributed by atoms with Crippen molar-refractivity contribution in [2.24, 2.45) is 11.8 Å². The minimum atomic E-state index is 0.496. The van der Waals surface area contributed by atoms with Gasteiger partial charge in [0.15, 0.2) is 0 Å². The summed E-state index contributed by atoms with van der Waals surface area (Å²) in [6, 6.07) is 6.12. The van der Waals surface area contributed by atoms with Gasteiger partial charge in [0.05, 0.1) is 0 Å². The van der Waals surface area contributed by atoms with Crippen LogP contribution in [0.4, 0.5) is 5.69 Å². The van der Waals surface area contributed by atoms with Gasteiger partial charge in [0, 0.05) is 10.9 Å². The van der Waals surface area contributed by atoms with Gasteiger partial charge in [-0.15, -0.1) is 0 Å². The first-order valence-corrected chi connectivity index (χ1v) is 7.26. The van der Waals surface area contributed by atoms with Crippen LogP contribution in [0.15, 0.2) is 30.4 Å². The van der Waals surface area contributed by atoms with Crippen molar-refractivity contribution in [3.63, 3.8) is 0 Å². The molecule has 104 valence electrons. The highest BCUT2D eigenvalue weighted by Crippen LogP contribution is 2.13. The van der Waals surface area contributed by atoms with Gasteiger partial charge in [-0.25, -0.2) is 0 Å². The van der Waals surface area contributed by atoms with Gasteiger partial charge in [-0.05, 0) is 35.6 Å². The molecule has 1 nitrogen and oxygen atoms in total. The van der Waals surface area contributed by atoms with Crippen molar-refractivity contribution in [1.29, 1.82) is 0 Å². The van der Waals surface area contributed by atoms with Crippen molar-refractivity contribution in [3.05, 3.63) is 40.8 Å². The van der Waals surface area contributed by atoms with Crippen molar-refractivity contribution in [2.45, 2.75) is 40.5 Å². The van der Waals surface area contributed by atoms with Crippen molar-refractivity contribution in [1.82, 2.24) is 0 Å². The molecular weight excluding hydrogens is 230 g/mol. The average Bonchev–Trinajstić information content (AvgIpc) is 2.41. The van der Waals surface area contributed by atoms with E-state index >= 15 is 0 Å². The first kappa shape index (κ1) is 15.6. The molecule has 0 spiro atoms. The second-order valence-electron chi connectivity index (χ2n) is 5.43. The zero-order valence-electron chi connectivity index (χ0n) is 12.7. The van der Waals surface area contributed by atoms with E-state index < -0.39 is 0 Å². The van der Waals surface area contributed by atoms with E-state index in [9.17, 15) is 0 Å². The van der Waals surface area contributed by atoms with Gasteiger partial charge in [-0.1, -0.05) is 64.5 Å². The van der Waals surface area contributed by atoms with E-state index in [1.807, 2.05) is 12.1 Å². The number of rotatable bonds is 5. The predicted molar refractivity (Wildman–Crippen MR) is 87.1 cm³/mol. The first-order valence-electron chi connectivity index (χ1n) is 7.26. The maximum absolute atomic E-state index is 6.14. The van der Waals surface area contributed by atoms with Gasteiger partial charge in [-0.2, -0.15) is 0 Å². The van der Waals surface area contributed by atoms with Crippen molar-refractivity contribution in [2.75, 3.05) is 5.73 Å². The highest BCUT2D eigenvalue weighted by molar-refractivity contribution is 5.55. The Bertz CT molecular complexity index is 539. The molecule has 0 saturated heterocycles. The lowest BCUT2D eigenvalue weighted by Gasteiger charge is -2.08. The molecule has 1 heteroatoms. The first-order chi connectivity index (χ1) is 8.99. The smallest absolute Gasteiger partial charge is 0.0393 e. The van der Waals surface area contributed by atoms with Gasteiger partial charge in [0.25, 0.3) is 0 Å². The van der Waals surface area contributed by atoms with Crippen LogP contribution >= 0.6 is 0 Å². The molecule has 2 N–H and O–H groups in total.